The van der Waals surface area contributed by atoms with E-state index >= 15 is 0 Å². The van der Waals surface area contributed by atoms with Gasteiger partial charge in [0.25, 0.3) is 0 Å². The molecule has 0 aliphatic carbocycles. The smallest absolute Gasteiger partial charge is 0.203 e. The van der Waals surface area contributed by atoms with Crippen molar-refractivity contribution < 1.29 is 0 Å². The second-order valence-corrected chi connectivity index (χ2v) is 4.38. The summed E-state index contributed by atoms with van der Waals surface area (Å²) in [6.07, 6.45) is 6.26. The van der Waals surface area contributed by atoms with Gasteiger partial charge in [0.1, 0.15) is 6.33 Å². The van der Waals surface area contributed by atoms with Gasteiger partial charge < -0.3 is 10.6 Å². The summed E-state index contributed by atoms with van der Waals surface area (Å²) in [5.41, 5.74) is 6.87. The van der Waals surface area contributed by atoms with Crippen molar-refractivity contribution >= 4 is 11.5 Å². The third-order valence-electron chi connectivity index (χ3n) is 3.21. The Labute approximate surface area is 93.1 Å². The van der Waals surface area contributed by atoms with Crippen LogP contribution in [0.4, 0.5) is 5.82 Å². The van der Waals surface area contributed by atoms with Crippen molar-refractivity contribution in [2.75, 3.05) is 18.0 Å². The van der Waals surface area contributed by atoms with Crippen molar-refractivity contribution in [2.24, 2.45) is 5.73 Å². The molecule has 0 spiro atoms. The fourth-order valence-corrected chi connectivity index (χ4v) is 2.06. The van der Waals surface area contributed by atoms with Crippen LogP contribution in [0, 0.1) is 0 Å². The molecule has 0 saturated carbocycles. The monoisotopic (exact) mass is 218 g/mol. The van der Waals surface area contributed by atoms with Crippen molar-refractivity contribution in [1.82, 2.24) is 19.6 Å². The van der Waals surface area contributed by atoms with Gasteiger partial charge in [-0.2, -0.15) is 0 Å². The zero-order chi connectivity index (χ0) is 11.2. The second kappa shape index (κ2) is 3.15. The fourth-order valence-electron chi connectivity index (χ4n) is 2.06. The molecule has 1 aliphatic rings. The van der Waals surface area contributed by atoms with E-state index in [0.717, 1.165) is 31.0 Å². The van der Waals surface area contributed by atoms with Crippen LogP contribution in [0.1, 0.15) is 13.3 Å². The largest absolute Gasteiger partial charge is 0.350 e. The molecule has 0 bridgehead atoms. The standard InChI is InChI=1S/C10H14N6/c1-2-10(11)5-16(6-10)8-9-14-13-7-15(9)4-3-12-8/h3-4,7H,2,5-6,11H2,1H3. The maximum absolute atomic E-state index is 6.14. The van der Waals surface area contributed by atoms with E-state index in [0.29, 0.717) is 0 Å². The van der Waals surface area contributed by atoms with Crippen molar-refractivity contribution in [3.8, 4) is 0 Å². The molecule has 16 heavy (non-hydrogen) atoms. The van der Waals surface area contributed by atoms with Crippen LogP contribution >= 0.6 is 0 Å². The molecule has 2 N–H and O–H groups in total. The summed E-state index contributed by atoms with van der Waals surface area (Å²) in [4.78, 5) is 6.49. The second-order valence-electron chi connectivity index (χ2n) is 4.38. The van der Waals surface area contributed by atoms with Gasteiger partial charge in [0, 0.05) is 25.5 Å². The van der Waals surface area contributed by atoms with E-state index in [1.807, 2.05) is 10.6 Å². The van der Waals surface area contributed by atoms with Gasteiger partial charge in [0.15, 0.2) is 5.82 Å². The lowest BCUT2D eigenvalue weighted by molar-refractivity contribution is 0.320. The lowest BCUT2D eigenvalue weighted by Crippen LogP contribution is -2.67. The van der Waals surface area contributed by atoms with Crippen LogP contribution in [0.2, 0.25) is 0 Å². The molecular formula is C10H14N6. The Balaban J connectivity index is 1.94. The Morgan fingerprint density at radius 1 is 1.50 bits per heavy atom. The van der Waals surface area contributed by atoms with Gasteiger partial charge in [-0.15, -0.1) is 10.2 Å². The Bertz CT molecular complexity index is 513. The summed E-state index contributed by atoms with van der Waals surface area (Å²) in [6, 6.07) is 0. The predicted molar refractivity (Wildman–Crippen MR) is 60.2 cm³/mol. The number of aromatic nitrogens is 4. The van der Waals surface area contributed by atoms with Crippen LogP contribution in [0.25, 0.3) is 5.65 Å². The number of hydrogen-bond donors (Lipinski definition) is 1. The lowest BCUT2D eigenvalue weighted by Gasteiger charge is -2.47. The highest BCUT2D eigenvalue weighted by molar-refractivity contribution is 5.65. The molecule has 3 rings (SSSR count). The zero-order valence-electron chi connectivity index (χ0n) is 9.17. The van der Waals surface area contributed by atoms with E-state index in [1.165, 1.54) is 0 Å². The van der Waals surface area contributed by atoms with Gasteiger partial charge in [0.05, 0.1) is 5.54 Å². The van der Waals surface area contributed by atoms with Crippen molar-refractivity contribution in [1.29, 1.82) is 0 Å². The Hall–Kier alpha value is -1.69. The number of rotatable bonds is 2. The molecule has 0 aromatic carbocycles. The van der Waals surface area contributed by atoms with Crippen LogP contribution in [0.15, 0.2) is 18.7 Å². The molecule has 0 unspecified atom stereocenters. The third-order valence-corrected chi connectivity index (χ3v) is 3.21. The average Bonchev–Trinajstić information content (AvgIpc) is 2.72. The number of hydrogen-bond acceptors (Lipinski definition) is 5. The Morgan fingerprint density at radius 2 is 2.31 bits per heavy atom. The van der Waals surface area contributed by atoms with Gasteiger partial charge in [-0.1, -0.05) is 6.92 Å². The van der Waals surface area contributed by atoms with Gasteiger partial charge >= 0.3 is 0 Å². The van der Waals surface area contributed by atoms with Crippen molar-refractivity contribution in [3.05, 3.63) is 18.7 Å². The quantitative estimate of drug-likeness (QED) is 0.771. The molecule has 84 valence electrons. The minimum absolute atomic E-state index is 0.0610. The predicted octanol–water partition coefficient (Wildman–Crippen LogP) is 0.0518. The fraction of sp³-hybridized carbons (Fsp3) is 0.500. The maximum Gasteiger partial charge on any atom is 0.203 e. The molecule has 1 saturated heterocycles. The lowest BCUT2D eigenvalue weighted by atomic mass is 9.88. The highest BCUT2D eigenvalue weighted by atomic mass is 15.3. The van der Waals surface area contributed by atoms with E-state index in [4.69, 9.17) is 5.73 Å². The highest BCUT2D eigenvalue weighted by Crippen LogP contribution is 2.28. The highest BCUT2D eigenvalue weighted by Gasteiger charge is 2.39. The summed E-state index contributed by atoms with van der Waals surface area (Å²) in [5, 5.41) is 7.94. The first-order chi connectivity index (χ1) is 7.72. The molecule has 1 fully saturated rings. The molecule has 6 heteroatoms. The molecule has 3 heterocycles. The van der Waals surface area contributed by atoms with Gasteiger partial charge in [-0.3, -0.25) is 4.40 Å². The Morgan fingerprint density at radius 3 is 3.06 bits per heavy atom. The third kappa shape index (κ3) is 1.26. The summed E-state index contributed by atoms with van der Waals surface area (Å²) in [7, 11) is 0. The molecule has 6 nitrogen and oxygen atoms in total. The van der Waals surface area contributed by atoms with Crippen LogP contribution in [-0.2, 0) is 0 Å². The van der Waals surface area contributed by atoms with Crippen molar-refractivity contribution in [3.63, 3.8) is 0 Å². The van der Waals surface area contributed by atoms with E-state index in [9.17, 15) is 0 Å². The van der Waals surface area contributed by atoms with Crippen LogP contribution in [0.3, 0.4) is 0 Å². The maximum atomic E-state index is 6.14. The molecule has 1 aliphatic heterocycles. The zero-order valence-corrected chi connectivity index (χ0v) is 9.17. The summed E-state index contributed by atoms with van der Waals surface area (Å²) >= 11 is 0. The molecule has 0 radical (unpaired) electrons. The molecule has 0 atom stereocenters. The van der Waals surface area contributed by atoms with Gasteiger partial charge in [-0.25, -0.2) is 4.98 Å². The Kier molecular flexibility index (Phi) is 1.88. The minimum Gasteiger partial charge on any atom is -0.350 e. The van der Waals surface area contributed by atoms with E-state index in [-0.39, 0.29) is 5.54 Å². The van der Waals surface area contributed by atoms with Crippen molar-refractivity contribution in [2.45, 2.75) is 18.9 Å². The first kappa shape index (κ1) is 9.53. The molecule has 2 aromatic heterocycles. The first-order valence-electron chi connectivity index (χ1n) is 5.40. The van der Waals surface area contributed by atoms with Gasteiger partial charge in [-0.05, 0) is 6.42 Å². The molecule has 2 aromatic rings. The average molecular weight is 218 g/mol. The number of nitrogens with two attached hydrogens (primary N) is 1. The summed E-state index contributed by atoms with van der Waals surface area (Å²) < 4.78 is 1.87. The van der Waals surface area contributed by atoms with Crippen LogP contribution in [0.5, 0.6) is 0 Å². The minimum atomic E-state index is -0.0610. The summed E-state index contributed by atoms with van der Waals surface area (Å²) in [6.45, 7) is 3.79. The number of fused-ring (bicyclic) bond motifs is 1. The molecule has 0 amide bonds. The summed E-state index contributed by atoms with van der Waals surface area (Å²) in [5.74, 6) is 0.870. The van der Waals surface area contributed by atoms with Crippen LogP contribution in [-0.4, -0.2) is 38.2 Å². The van der Waals surface area contributed by atoms with E-state index in [1.54, 1.807) is 12.5 Å². The van der Waals surface area contributed by atoms with E-state index in [2.05, 4.69) is 27.0 Å². The number of nitrogens with zero attached hydrogens (tertiary/aromatic N) is 5. The normalized spacial score (nSPS) is 18.8. The molecular weight excluding hydrogens is 204 g/mol. The first-order valence-corrected chi connectivity index (χ1v) is 5.40. The van der Waals surface area contributed by atoms with Gasteiger partial charge in [0.2, 0.25) is 5.65 Å². The van der Waals surface area contributed by atoms with Crippen LogP contribution < -0.4 is 10.6 Å². The SMILES string of the molecule is CCC1(N)CN(c2nccn3cnnc23)C1. The number of anilines is 1. The topological polar surface area (TPSA) is 72.3 Å². The van der Waals surface area contributed by atoms with E-state index < -0.39 is 0 Å².